The summed E-state index contributed by atoms with van der Waals surface area (Å²) in [4.78, 5) is 28.8. The number of nitrogens with zero attached hydrogens (tertiary/aromatic N) is 2. The maximum Gasteiger partial charge on any atom is 0.433 e. The molecule has 1 aliphatic heterocycles. The number of hydrogen-bond acceptors (Lipinski definition) is 5. The minimum Gasteiger partial charge on any atom is -0.506 e. The molecule has 30 heavy (non-hydrogen) atoms. The van der Waals surface area contributed by atoms with Crippen LogP contribution in [0, 0.1) is 0 Å². The summed E-state index contributed by atoms with van der Waals surface area (Å²) >= 11 is 0. The van der Waals surface area contributed by atoms with Crippen LogP contribution in [0.3, 0.4) is 0 Å². The molecule has 0 fully saturated rings. The number of alkyl halides is 3. The quantitative estimate of drug-likeness (QED) is 0.657. The number of carbonyl (C=O) groups excluding carboxylic acids is 1. The number of para-hydroxylation sites is 1. The zero-order valence-electron chi connectivity index (χ0n) is 15.9. The monoisotopic (exact) mass is 418 g/mol. The van der Waals surface area contributed by atoms with Crippen LogP contribution in [0.5, 0.6) is 5.75 Å². The minimum absolute atomic E-state index is 0.0373. The molecule has 1 N–H and O–H groups in total. The van der Waals surface area contributed by atoms with E-state index in [9.17, 15) is 27.9 Å². The third kappa shape index (κ3) is 3.20. The summed E-state index contributed by atoms with van der Waals surface area (Å²) in [6.45, 7) is 1.76. The fraction of sp³-hybridized carbons (Fsp3) is 0.286. The van der Waals surface area contributed by atoms with E-state index in [1.165, 1.54) is 10.6 Å². The molecular weight excluding hydrogens is 401 g/mol. The van der Waals surface area contributed by atoms with Crippen molar-refractivity contribution in [3.63, 3.8) is 0 Å². The van der Waals surface area contributed by atoms with Gasteiger partial charge in [0, 0.05) is 24.0 Å². The molecule has 3 heterocycles. The van der Waals surface area contributed by atoms with Gasteiger partial charge in [-0.3, -0.25) is 9.78 Å². The molecule has 4 rings (SSSR count). The molecule has 9 heteroatoms. The molecule has 3 aromatic rings. The van der Waals surface area contributed by atoms with E-state index in [0.29, 0.717) is 22.9 Å². The lowest BCUT2D eigenvalue weighted by atomic mass is 9.88. The number of rotatable bonds is 3. The lowest BCUT2D eigenvalue weighted by molar-refractivity contribution is -0.141. The van der Waals surface area contributed by atoms with Gasteiger partial charge in [0.1, 0.15) is 11.4 Å². The molecule has 0 bridgehead atoms. The second-order valence-corrected chi connectivity index (χ2v) is 7.05. The number of benzene rings is 1. The zero-order valence-corrected chi connectivity index (χ0v) is 15.9. The Bertz CT molecular complexity index is 1200. The third-order valence-corrected chi connectivity index (χ3v) is 5.24. The smallest absolute Gasteiger partial charge is 0.433 e. The molecule has 6 nitrogen and oxygen atoms in total. The van der Waals surface area contributed by atoms with Gasteiger partial charge in [0.05, 0.1) is 12.1 Å². The first-order valence-corrected chi connectivity index (χ1v) is 9.30. The Hall–Kier alpha value is -3.36. The molecule has 156 valence electrons. The number of carbonyl (C=O) groups is 1. The number of aromatic nitrogens is 2. The van der Waals surface area contributed by atoms with Gasteiger partial charge < -0.3 is 14.4 Å². The Kier molecular flexibility index (Phi) is 4.76. The summed E-state index contributed by atoms with van der Waals surface area (Å²) in [5.41, 5.74) is -0.349. The lowest BCUT2D eigenvalue weighted by Gasteiger charge is -2.28. The highest BCUT2D eigenvalue weighted by Gasteiger charge is 2.33. The largest absolute Gasteiger partial charge is 0.506 e. The predicted octanol–water partition coefficient (Wildman–Crippen LogP) is 3.64. The van der Waals surface area contributed by atoms with E-state index in [2.05, 4.69) is 4.98 Å². The van der Waals surface area contributed by atoms with Crippen molar-refractivity contribution in [2.45, 2.75) is 32.0 Å². The summed E-state index contributed by atoms with van der Waals surface area (Å²) in [5.74, 6) is -1.68. The van der Waals surface area contributed by atoms with E-state index in [1.807, 2.05) is 0 Å². The van der Waals surface area contributed by atoms with Crippen LogP contribution in [-0.4, -0.2) is 27.2 Å². The van der Waals surface area contributed by atoms with Gasteiger partial charge >= 0.3 is 12.1 Å². The highest BCUT2D eigenvalue weighted by Crippen LogP contribution is 2.36. The molecule has 1 aromatic carbocycles. The summed E-state index contributed by atoms with van der Waals surface area (Å²) in [6.07, 6.45) is -2.93. The zero-order chi connectivity index (χ0) is 21.6. The SMILES string of the molecule is CCOC(=O)c1c(O)c2cccc3c2n(c1=O)CC(c1ccc(C(F)(F)F)nc1)C3. The molecule has 0 spiro atoms. The fourth-order valence-electron chi connectivity index (χ4n) is 3.89. The van der Waals surface area contributed by atoms with E-state index >= 15 is 0 Å². The Morgan fingerprint density at radius 2 is 2.07 bits per heavy atom. The van der Waals surface area contributed by atoms with Crippen LogP contribution in [0.4, 0.5) is 13.2 Å². The number of aromatic hydroxyl groups is 1. The average molecular weight is 418 g/mol. The first-order valence-electron chi connectivity index (χ1n) is 9.30. The third-order valence-electron chi connectivity index (χ3n) is 5.24. The second kappa shape index (κ2) is 7.16. The highest BCUT2D eigenvalue weighted by molar-refractivity contribution is 6.00. The molecule has 1 aliphatic rings. The summed E-state index contributed by atoms with van der Waals surface area (Å²) < 4.78 is 44.7. The van der Waals surface area contributed by atoms with Crippen LogP contribution >= 0.6 is 0 Å². The fourth-order valence-corrected chi connectivity index (χ4v) is 3.89. The van der Waals surface area contributed by atoms with E-state index < -0.39 is 34.7 Å². The first kappa shape index (κ1) is 19.9. The van der Waals surface area contributed by atoms with E-state index in [0.717, 1.165) is 17.8 Å². The summed E-state index contributed by atoms with van der Waals surface area (Å²) in [5, 5.41) is 10.9. The number of halogens is 3. The van der Waals surface area contributed by atoms with Crippen molar-refractivity contribution < 1.29 is 27.8 Å². The van der Waals surface area contributed by atoms with Gasteiger partial charge in [-0.25, -0.2) is 4.79 Å². The molecule has 0 saturated heterocycles. The molecule has 1 unspecified atom stereocenters. The van der Waals surface area contributed by atoms with Crippen molar-refractivity contribution in [2.75, 3.05) is 6.61 Å². The van der Waals surface area contributed by atoms with Crippen LogP contribution in [0.2, 0.25) is 0 Å². The number of pyridine rings is 2. The van der Waals surface area contributed by atoms with Crippen molar-refractivity contribution in [2.24, 2.45) is 0 Å². The molecule has 0 saturated carbocycles. The van der Waals surface area contributed by atoms with Crippen molar-refractivity contribution in [1.82, 2.24) is 9.55 Å². The topological polar surface area (TPSA) is 81.4 Å². The Labute approximate surface area is 168 Å². The normalized spacial score (nSPS) is 15.9. The first-order chi connectivity index (χ1) is 14.2. The standard InChI is InChI=1S/C21H17F3N2O4/c1-2-30-20(29)16-18(27)14-5-3-4-11-8-13(10-26(17(11)14)19(16)28)12-6-7-15(25-9-12)21(22,23)24/h3-7,9,13,27H,2,8,10H2,1H3. The second-order valence-electron chi connectivity index (χ2n) is 7.05. The highest BCUT2D eigenvalue weighted by atomic mass is 19.4. The average Bonchev–Trinajstić information content (AvgIpc) is 2.71. The number of hydrogen-bond donors (Lipinski definition) is 1. The molecule has 2 aromatic heterocycles. The maximum atomic E-state index is 13.0. The van der Waals surface area contributed by atoms with Gasteiger partial charge in [0.15, 0.2) is 5.56 Å². The van der Waals surface area contributed by atoms with Gasteiger partial charge in [-0.15, -0.1) is 0 Å². The van der Waals surface area contributed by atoms with Crippen LogP contribution < -0.4 is 5.56 Å². The van der Waals surface area contributed by atoms with Gasteiger partial charge in [0.2, 0.25) is 0 Å². The molecular formula is C21H17F3N2O4. The van der Waals surface area contributed by atoms with Crippen molar-refractivity contribution in [3.05, 3.63) is 69.3 Å². The predicted molar refractivity (Wildman–Crippen MR) is 102 cm³/mol. The van der Waals surface area contributed by atoms with E-state index in [1.54, 1.807) is 25.1 Å². The maximum absolute atomic E-state index is 13.0. The molecule has 0 aliphatic carbocycles. The van der Waals surface area contributed by atoms with Crippen LogP contribution in [0.15, 0.2) is 41.3 Å². The van der Waals surface area contributed by atoms with Crippen molar-refractivity contribution in [1.29, 1.82) is 0 Å². The Balaban J connectivity index is 1.83. The Morgan fingerprint density at radius 3 is 2.70 bits per heavy atom. The van der Waals surface area contributed by atoms with Crippen molar-refractivity contribution in [3.8, 4) is 5.75 Å². The van der Waals surface area contributed by atoms with E-state index in [-0.39, 0.29) is 19.1 Å². The van der Waals surface area contributed by atoms with Gasteiger partial charge in [-0.05, 0) is 36.6 Å². The minimum atomic E-state index is -4.54. The van der Waals surface area contributed by atoms with Gasteiger partial charge in [-0.1, -0.05) is 18.2 Å². The molecule has 0 radical (unpaired) electrons. The van der Waals surface area contributed by atoms with E-state index in [4.69, 9.17) is 4.74 Å². The number of esters is 1. The van der Waals surface area contributed by atoms with Gasteiger partial charge in [-0.2, -0.15) is 13.2 Å². The van der Waals surface area contributed by atoms with Gasteiger partial charge in [0.25, 0.3) is 5.56 Å². The van der Waals surface area contributed by atoms with Crippen LogP contribution in [0.1, 0.15) is 40.0 Å². The summed E-state index contributed by atoms with van der Waals surface area (Å²) in [7, 11) is 0. The molecule has 0 amide bonds. The van der Waals surface area contributed by atoms with Crippen molar-refractivity contribution >= 4 is 16.9 Å². The van der Waals surface area contributed by atoms with Crippen LogP contribution in [-0.2, 0) is 23.9 Å². The molecule has 1 atom stereocenters. The lowest BCUT2D eigenvalue weighted by Crippen LogP contribution is -2.33. The summed E-state index contributed by atoms with van der Waals surface area (Å²) in [6, 6.07) is 7.34. The van der Waals surface area contributed by atoms with Crippen LogP contribution in [0.25, 0.3) is 10.9 Å². The number of ether oxygens (including phenoxy) is 1. The Morgan fingerprint density at radius 1 is 1.30 bits per heavy atom.